The number of sulfonamides is 1. The minimum atomic E-state index is -3.31. The van der Waals surface area contributed by atoms with E-state index < -0.39 is 10.0 Å². The number of likely N-dealkylation sites (tertiary alicyclic amines) is 1. The van der Waals surface area contributed by atoms with Gasteiger partial charge in [-0.15, -0.1) is 0 Å². The molecule has 0 saturated carbocycles. The molecule has 1 aromatic rings. The summed E-state index contributed by atoms with van der Waals surface area (Å²) in [6, 6.07) is 4.36. The number of hydrogen-bond donors (Lipinski definition) is 0. The lowest BCUT2D eigenvalue weighted by molar-refractivity contribution is -0.0406. The maximum Gasteiger partial charge on any atom is 0.270 e. The highest BCUT2D eigenvalue weighted by molar-refractivity contribution is 7.88. The molecule has 0 radical (unpaired) electrons. The number of carbonyl (C=O) groups is 1. The lowest BCUT2D eigenvalue weighted by atomic mass is 10.0. The molecule has 3 rings (SSSR count). The Balaban J connectivity index is 1.80. The van der Waals surface area contributed by atoms with Gasteiger partial charge in [0.25, 0.3) is 11.5 Å². The van der Waals surface area contributed by atoms with Crippen LogP contribution >= 0.6 is 0 Å². The third kappa shape index (κ3) is 3.63. The number of nitrogens with zero attached hydrogens (tertiary/aromatic N) is 3. The average molecular weight is 369 g/mol. The summed E-state index contributed by atoms with van der Waals surface area (Å²) in [6.45, 7) is 1.62. The van der Waals surface area contributed by atoms with Crippen molar-refractivity contribution in [2.45, 2.75) is 25.0 Å². The fourth-order valence-electron chi connectivity index (χ4n) is 3.60. The van der Waals surface area contributed by atoms with E-state index in [9.17, 15) is 18.0 Å². The van der Waals surface area contributed by atoms with Crippen LogP contribution in [0.5, 0.6) is 0 Å². The van der Waals surface area contributed by atoms with E-state index in [0.717, 1.165) is 0 Å². The first-order valence-electron chi connectivity index (χ1n) is 8.33. The fraction of sp³-hybridized carbons (Fsp3) is 0.625. The van der Waals surface area contributed by atoms with Gasteiger partial charge in [0, 0.05) is 32.7 Å². The smallest absolute Gasteiger partial charge is 0.270 e. The molecule has 25 heavy (non-hydrogen) atoms. The van der Waals surface area contributed by atoms with Crippen LogP contribution in [-0.2, 0) is 21.8 Å². The van der Waals surface area contributed by atoms with Crippen molar-refractivity contribution in [2.75, 3.05) is 32.5 Å². The van der Waals surface area contributed by atoms with Crippen LogP contribution in [-0.4, -0.2) is 72.7 Å². The Labute approximate surface area is 147 Å². The molecule has 0 N–H and O–H groups in total. The Morgan fingerprint density at radius 3 is 2.64 bits per heavy atom. The van der Waals surface area contributed by atoms with Crippen molar-refractivity contribution >= 4 is 15.9 Å². The Morgan fingerprint density at radius 2 is 1.92 bits per heavy atom. The van der Waals surface area contributed by atoms with Crippen LogP contribution in [0.2, 0.25) is 0 Å². The number of pyridine rings is 1. The highest BCUT2D eigenvalue weighted by Crippen LogP contribution is 2.26. The topological polar surface area (TPSA) is 88.9 Å². The number of hydrogen-bond acceptors (Lipinski definition) is 5. The maximum absolute atomic E-state index is 12.8. The first-order valence-corrected chi connectivity index (χ1v) is 10.2. The van der Waals surface area contributed by atoms with E-state index in [-0.39, 0.29) is 23.6 Å². The van der Waals surface area contributed by atoms with Gasteiger partial charge in [-0.25, -0.2) is 8.42 Å². The summed E-state index contributed by atoms with van der Waals surface area (Å²) >= 11 is 0. The van der Waals surface area contributed by atoms with E-state index in [1.54, 1.807) is 24.1 Å². The van der Waals surface area contributed by atoms with E-state index in [2.05, 4.69) is 0 Å². The molecule has 0 aliphatic carbocycles. The molecule has 1 amide bonds. The summed E-state index contributed by atoms with van der Waals surface area (Å²) in [5, 5.41) is 0. The van der Waals surface area contributed by atoms with E-state index >= 15 is 0 Å². The van der Waals surface area contributed by atoms with Crippen LogP contribution in [0.25, 0.3) is 0 Å². The number of ether oxygens (including phenoxy) is 1. The van der Waals surface area contributed by atoms with Gasteiger partial charge >= 0.3 is 0 Å². The van der Waals surface area contributed by atoms with Crippen LogP contribution in [0, 0.1) is 0 Å². The largest absolute Gasteiger partial charge is 0.375 e. The van der Waals surface area contributed by atoms with Gasteiger partial charge in [0.05, 0.1) is 25.0 Å². The van der Waals surface area contributed by atoms with Gasteiger partial charge < -0.3 is 14.2 Å². The zero-order valence-electron chi connectivity index (χ0n) is 14.4. The Morgan fingerprint density at radius 1 is 1.20 bits per heavy atom. The van der Waals surface area contributed by atoms with Gasteiger partial charge in [0.15, 0.2) is 0 Å². The molecule has 2 atom stereocenters. The molecule has 2 saturated heterocycles. The molecule has 0 bridgehead atoms. The quantitative estimate of drug-likeness (QED) is 0.711. The molecule has 3 heterocycles. The molecular formula is C16H23N3O5S. The van der Waals surface area contributed by atoms with Crippen LogP contribution in [0.4, 0.5) is 0 Å². The van der Waals surface area contributed by atoms with Gasteiger partial charge in [0.2, 0.25) is 10.0 Å². The molecule has 1 aromatic heterocycles. The number of carbonyl (C=O) groups excluding carboxylic acids is 1. The monoisotopic (exact) mass is 369 g/mol. The van der Waals surface area contributed by atoms with E-state index in [1.165, 1.54) is 21.2 Å². The molecule has 0 unspecified atom stereocenters. The van der Waals surface area contributed by atoms with Crippen molar-refractivity contribution in [3.63, 3.8) is 0 Å². The summed E-state index contributed by atoms with van der Waals surface area (Å²) in [7, 11) is -1.74. The molecule has 9 heteroatoms. The summed E-state index contributed by atoms with van der Waals surface area (Å²) in [4.78, 5) is 26.2. The summed E-state index contributed by atoms with van der Waals surface area (Å²) in [5.41, 5.74) is 0.0965. The van der Waals surface area contributed by atoms with E-state index in [0.29, 0.717) is 44.8 Å². The summed E-state index contributed by atoms with van der Waals surface area (Å²) in [5.74, 6) is -0.218. The van der Waals surface area contributed by atoms with Gasteiger partial charge in [-0.3, -0.25) is 9.59 Å². The van der Waals surface area contributed by atoms with Crippen molar-refractivity contribution < 1.29 is 17.9 Å². The molecular weight excluding hydrogens is 346 g/mol. The van der Waals surface area contributed by atoms with Crippen molar-refractivity contribution in [1.29, 1.82) is 0 Å². The third-order valence-corrected chi connectivity index (χ3v) is 6.24. The average Bonchev–Trinajstić information content (AvgIpc) is 2.78. The lowest BCUT2D eigenvalue weighted by Crippen LogP contribution is -2.53. The minimum Gasteiger partial charge on any atom is -0.375 e. The second-order valence-corrected chi connectivity index (χ2v) is 8.46. The molecule has 0 spiro atoms. The van der Waals surface area contributed by atoms with Crippen LogP contribution in [0.15, 0.2) is 23.0 Å². The van der Waals surface area contributed by atoms with E-state index in [4.69, 9.17) is 4.74 Å². The van der Waals surface area contributed by atoms with Crippen molar-refractivity contribution in [2.24, 2.45) is 7.05 Å². The minimum absolute atomic E-state index is 0.208. The lowest BCUT2D eigenvalue weighted by Gasteiger charge is -2.38. The van der Waals surface area contributed by atoms with Gasteiger partial charge in [-0.1, -0.05) is 6.07 Å². The number of amides is 1. The zero-order chi connectivity index (χ0) is 18.2. The molecule has 2 aliphatic rings. The van der Waals surface area contributed by atoms with Crippen molar-refractivity contribution in [3.8, 4) is 0 Å². The summed E-state index contributed by atoms with van der Waals surface area (Å²) in [6.07, 6.45) is 2.09. The first kappa shape index (κ1) is 18.1. The van der Waals surface area contributed by atoms with Crippen molar-refractivity contribution in [1.82, 2.24) is 13.8 Å². The second kappa shape index (κ2) is 6.89. The standard InChI is InChI=1S/C16H23N3O5S/c1-17-13(4-3-5-15(17)20)16(21)18-8-6-12-14(7-9-18)24-11-10-19(12)25(2,22)23/h3-5,12,14H,6-11H2,1-2H3/t12-,14-/m1/s1. The number of rotatable bonds is 2. The Kier molecular flexibility index (Phi) is 4.99. The highest BCUT2D eigenvalue weighted by Gasteiger charge is 2.39. The summed E-state index contributed by atoms with van der Waals surface area (Å²) < 4.78 is 32.6. The van der Waals surface area contributed by atoms with Crippen LogP contribution < -0.4 is 5.56 Å². The Hall–Kier alpha value is -1.71. The fourth-order valence-corrected chi connectivity index (χ4v) is 4.74. The molecule has 2 fully saturated rings. The predicted molar refractivity (Wildman–Crippen MR) is 91.9 cm³/mol. The highest BCUT2D eigenvalue weighted by atomic mass is 32.2. The molecule has 2 aliphatic heterocycles. The Bertz CT molecular complexity index is 819. The SMILES string of the molecule is Cn1c(C(=O)N2CC[C@@H]3[C@@H](CC2)OCCN3S(C)(=O)=O)cccc1=O. The number of fused-ring (bicyclic) bond motifs is 1. The third-order valence-electron chi connectivity index (χ3n) is 4.94. The van der Waals surface area contributed by atoms with Gasteiger partial charge in [0.1, 0.15) is 5.69 Å². The van der Waals surface area contributed by atoms with E-state index in [1.807, 2.05) is 0 Å². The maximum atomic E-state index is 12.8. The molecule has 0 aromatic carbocycles. The van der Waals surface area contributed by atoms with Crippen LogP contribution in [0.1, 0.15) is 23.3 Å². The van der Waals surface area contributed by atoms with Gasteiger partial charge in [-0.05, 0) is 18.9 Å². The van der Waals surface area contributed by atoms with Gasteiger partial charge in [-0.2, -0.15) is 4.31 Å². The van der Waals surface area contributed by atoms with Crippen LogP contribution in [0.3, 0.4) is 0 Å². The number of aromatic nitrogens is 1. The number of morpholine rings is 1. The molecule has 138 valence electrons. The first-order chi connectivity index (χ1) is 11.8. The normalized spacial score (nSPS) is 25.3. The van der Waals surface area contributed by atoms with Crippen molar-refractivity contribution in [3.05, 3.63) is 34.2 Å². The predicted octanol–water partition coefficient (Wildman–Crippen LogP) is -0.350. The molecule has 8 nitrogen and oxygen atoms in total. The zero-order valence-corrected chi connectivity index (χ0v) is 15.2. The second-order valence-electron chi connectivity index (χ2n) is 6.53.